The third-order valence-electron chi connectivity index (χ3n) is 2.85. The fourth-order valence-electron chi connectivity index (χ4n) is 1.86. The Bertz CT molecular complexity index is 270. The predicted molar refractivity (Wildman–Crippen MR) is 62.7 cm³/mol. The van der Waals surface area contributed by atoms with Gasteiger partial charge < -0.3 is 9.47 Å². The molecule has 1 aliphatic heterocycles. The molecule has 0 unspecified atom stereocenters. The van der Waals surface area contributed by atoms with Crippen molar-refractivity contribution < 1.29 is 19.1 Å². The Kier molecular flexibility index (Phi) is 5.58. The SMILES string of the molecule is COC(=O)[C@@H]1CN(CCOC(C)C)CCC1=O. The lowest BCUT2D eigenvalue weighted by Crippen LogP contribution is -2.45. The zero-order valence-corrected chi connectivity index (χ0v) is 10.8. The van der Waals surface area contributed by atoms with E-state index in [1.165, 1.54) is 7.11 Å². The van der Waals surface area contributed by atoms with Gasteiger partial charge in [0.2, 0.25) is 0 Å². The summed E-state index contributed by atoms with van der Waals surface area (Å²) in [6.07, 6.45) is 0.624. The van der Waals surface area contributed by atoms with Crippen LogP contribution in [0.4, 0.5) is 0 Å². The summed E-state index contributed by atoms with van der Waals surface area (Å²) in [5.74, 6) is -1.06. The minimum Gasteiger partial charge on any atom is -0.468 e. The van der Waals surface area contributed by atoms with Crippen LogP contribution in [0, 0.1) is 5.92 Å². The molecule has 0 aromatic rings. The molecule has 17 heavy (non-hydrogen) atoms. The topological polar surface area (TPSA) is 55.8 Å². The van der Waals surface area contributed by atoms with E-state index in [-0.39, 0.29) is 11.9 Å². The molecule has 0 aromatic heterocycles. The highest BCUT2D eigenvalue weighted by Crippen LogP contribution is 2.14. The monoisotopic (exact) mass is 243 g/mol. The first-order chi connectivity index (χ1) is 8.04. The molecule has 1 rings (SSSR count). The van der Waals surface area contributed by atoms with Gasteiger partial charge in [-0.2, -0.15) is 0 Å². The Morgan fingerprint density at radius 3 is 2.82 bits per heavy atom. The second kappa shape index (κ2) is 6.71. The van der Waals surface area contributed by atoms with Crippen LogP contribution in [0.2, 0.25) is 0 Å². The van der Waals surface area contributed by atoms with Crippen LogP contribution in [0.5, 0.6) is 0 Å². The van der Waals surface area contributed by atoms with Gasteiger partial charge in [0.05, 0.1) is 19.8 Å². The standard InChI is InChI=1S/C12H21NO4/c1-9(2)17-7-6-13-5-4-11(14)10(8-13)12(15)16-3/h9-10H,4-8H2,1-3H3/t10-/m1/s1. The third-order valence-corrected chi connectivity index (χ3v) is 2.85. The molecule has 98 valence electrons. The van der Waals surface area contributed by atoms with Crippen LogP contribution in [0.1, 0.15) is 20.3 Å². The molecule has 1 atom stereocenters. The number of ether oxygens (including phenoxy) is 2. The Hall–Kier alpha value is -0.940. The van der Waals surface area contributed by atoms with Crippen LogP contribution in [0.3, 0.4) is 0 Å². The number of Topliss-reactive ketones (excluding diaryl/α,β-unsaturated/α-hetero) is 1. The first-order valence-electron chi connectivity index (χ1n) is 5.99. The molecule has 0 saturated carbocycles. The number of hydrogen-bond donors (Lipinski definition) is 0. The summed E-state index contributed by atoms with van der Waals surface area (Å²) in [4.78, 5) is 25.0. The van der Waals surface area contributed by atoms with E-state index in [1.54, 1.807) is 0 Å². The summed E-state index contributed by atoms with van der Waals surface area (Å²) in [6.45, 7) is 6.49. The zero-order valence-electron chi connectivity index (χ0n) is 10.8. The summed E-state index contributed by atoms with van der Waals surface area (Å²) >= 11 is 0. The number of likely N-dealkylation sites (tertiary alicyclic amines) is 1. The van der Waals surface area contributed by atoms with Gasteiger partial charge in [0.15, 0.2) is 0 Å². The molecule has 0 aromatic carbocycles. The molecule has 5 heteroatoms. The second-order valence-corrected chi connectivity index (χ2v) is 4.51. The number of carbonyl (C=O) groups is 2. The number of ketones is 1. The molecule has 1 saturated heterocycles. The molecular weight excluding hydrogens is 222 g/mol. The number of piperidine rings is 1. The summed E-state index contributed by atoms with van der Waals surface area (Å²) in [5, 5.41) is 0. The first kappa shape index (κ1) is 14.1. The van der Waals surface area contributed by atoms with Crippen molar-refractivity contribution >= 4 is 11.8 Å². The van der Waals surface area contributed by atoms with Crippen molar-refractivity contribution in [3.63, 3.8) is 0 Å². The van der Waals surface area contributed by atoms with E-state index in [0.29, 0.717) is 26.1 Å². The molecule has 0 amide bonds. The highest BCUT2D eigenvalue weighted by atomic mass is 16.5. The number of esters is 1. The number of nitrogens with zero attached hydrogens (tertiary/aromatic N) is 1. The summed E-state index contributed by atoms with van der Waals surface area (Å²) in [5.41, 5.74) is 0. The quantitative estimate of drug-likeness (QED) is 0.519. The second-order valence-electron chi connectivity index (χ2n) is 4.51. The Labute approximate surface area is 102 Å². The maximum absolute atomic E-state index is 11.6. The van der Waals surface area contributed by atoms with E-state index in [0.717, 1.165) is 6.54 Å². The van der Waals surface area contributed by atoms with Crippen molar-refractivity contribution in [2.24, 2.45) is 5.92 Å². The van der Waals surface area contributed by atoms with E-state index in [2.05, 4.69) is 9.64 Å². The van der Waals surface area contributed by atoms with Crippen molar-refractivity contribution in [3.8, 4) is 0 Å². The minimum atomic E-state index is -0.618. The fraction of sp³-hybridized carbons (Fsp3) is 0.833. The lowest BCUT2D eigenvalue weighted by molar-refractivity contribution is -0.152. The molecular formula is C12H21NO4. The zero-order chi connectivity index (χ0) is 12.8. The number of hydrogen-bond acceptors (Lipinski definition) is 5. The lowest BCUT2D eigenvalue weighted by atomic mass is 9.97. The number of rotatable bonds is 5. The van der Waals surface area contributed by atoms with Crippen molar-refractivity contribution in [3.05, 3.63) is 0 Å². The Morgan fingerprint density at radius 1 is 1.53 bits per heavy atom. The minimum absolute atomic E-state index is 0.0159. The summed E-state index contributed by atoms with van der Waals surface area (Å²) < 4.78 is 10.1. The first-order valence-corrected chi connectivity index (χ1v) is 5.99. The fourth-order valence-corrected chi connectivity index (χ4v) is 1.86. The van der Waals surface area contributed by atoms with Crippen LogP contribution in [-0.4, -0.2) is 56.1 Å². The summed E-state index contributed by atoms with van der Waals surface area (Å²) in [7, 11) is 1.32. The summed E-state index contributed by atoms with van der Waals surface area (Å²) in [6, 6.07) is 0. The average Bonchev–Trinajstić information content (AvgIpc) is 2.30. The van der Waals surface area contributed by atoms with Gasteiger partial charge in [-0.05, 0) is 13.8 Å². The van der Waals surface area contributed by atoms with Gasteiger partial charge in [-0.1, -0.05) is 0 Å². The molecule has 0 aliphatic carbocycles. The van der Waals surface area contributed by atoms with Gasteiger partial charge in [-0.25, -0.2) is 0 Å². The highest BCUT2D eigenvalue weighted by molar-refractivity contribution is 5.99. The lowest BCUT2D eigenvalue weighted by Gasteiger charge is -2.30. The molecule has 0 bridgehead atoms. The molecule has 0 radical (unpaired) electrons. The van der Waals surface area contributed by atoms with Gasteiger partial charge in [0.1, 0.15) is 11.7 Å². The highest BCUT2D eigenvalue weighted by Gasteiger charge is 2.33. The Balaban J connectivity index is 2.39. The van der Waals surface area contributed by atoms with Crippen LogP contribution >= 0.6 is 0 Å². The predicted octanol–water partition coefficient (Wildman–Crippen LogP) is 0.475. The van der Waals surface area contributed by atoms with Crippen molar-refractivity contribution in [1.82, 2.24) is 4.90 Å². The molecule has 1 aliphatic rings. The van der Waals surface area contributed by atoms with E-state index >= 15 is 0 Å². The van der Waals surface area contributed by atoms with Gasteiger partial charge in [-0.3, -0.25) is 14.5 Å². The van der Waals surface area contributed by atoms with Gasteiger partial charge in [0, 0.05) is 26.1 Å². The van der Waals surface area contributed by atoms with E-state index < -0.39 is 11.9 Å². The molecule has 5 nitrogen and oxygen atoms in total. The van der Waals surface area contributed by atoms with Crippen molar-refractivity contribution in [2.45, 2.75) is 26.4 Å². The Morgan fingerprint density at radius 2 is 2.24 bits per heavy atom. The van der Waals surface area contributed by atoms with Gasteiger partial charge in [-0.15, -0.1) is 0 Å². The molecule has 1 fully saturated rings. The van der Waals surface area contributed by atoms with Crippen LogP contribution < -0.4 is 0 Å². The van der Waals surface area contributed by atoms with Crippen LogP contribution in [-0.2, 0) is 19.1 Å². The number of methoxy groups -OCH3 is 1. The maximum Gasteiger partial charge on any atom is 0.317 e. The van der Waals surface area contributed by atoms with E-state index in [1.807, 2.05) is 13.8 Å². The normalized spacial score (nSPS) is 21.9. The number of carbonyl (C=O) groups excluding carboxylic acids is 2. The molecule has 0 N–H and O–H groups in total. The van der Waals surface area contributed by atoms with Crippen molar-refractivity contribution in [1.29, 1.82) is 0 Å². The molecule has 0 spiro atoms. The van der Waals surface area contributed by atoms with Crippen LogP contribution in [0.15, 0.2) is 0 Å². The average molecular weight is 243 g/mol. The molecule has 1 heterocycles. The van der Waals surface area contributed by atoms with Gasteiger partial charge in [0.25, 0.3) is 0 Å². The van der Waals surface area contributed by atoms with E-state index in [9.17, 15) is 9.59 Å². The van der Waals surface area contributed by atoms with E-state index in [4.69, 9.17) is 4.74 Å². The smallest absolute Gasteiger partial charge is 0.317 e. The third kappa shape index (κ3) is 4.44. The maximum atomic E-state index is 11.6. The largest absolute Gasteiger partial charge is 0.468 e. The van der Waals surface area contributed by atoms with Gasteiger partial charge >= 0.3 is 5.97 Å². The van der Waals surface area contributed by atoms with Crippen molar-refractivity contribution in [2.75, 3.05) is 33.4 Å². The van der Waals surface area contributed by atoms with Crippen LogP contribution in [0.25, 0.3) is 0 Å².